The van der Waals surface area contributed by atoms with Gasteiger partial charge in [-0.3, -0.25) is 0 Å². The van der Waals surface area contributed by atoms with Crippen LogP contribution in [0.1, 0.15) is 12.8 Å². The Morgan fingerprint density at radius 1 is 1.18 bits per heavy atom. The van der Waals surface area contributed by atoms with E-state index in [-0.39, 0.29) is 0 Å². The Kier molecular flexibility index (Phi) is 4.09. The molecule has 2 N–H and O–H groups in total. The van der Waals surface area contributed by atoms with Crippen molar-refractivity contribution in [3.8, 4) is 11.5 Å². The molecule has 1 aliphatic heterocycles. The van der Waals surface area contributed by atoms with Crippen LogP contribution in [-0.2, 0) is 0 Å². The van der Waals surface area contributed by atoms with E-state index in [1.54, 1.807) is 14.2 Å². The molecule has 1 aromatic rings. The summed E-state index contributed by atoms with van der Waals surface area (Å²) in [5, 5.41) is 6.89. The van der Waals surface area contributed by atoms with E-state index >= 15 is 0 Å². The Bertz CT molecular complexity index is 362. The Morgan fingerprint density at radius 2 is 1.94 bits per heavy atom. The third-order valence-electron chi connectivity index (χ3n) is 3.11. The zero-order chi connectivity index (χ0) is 12.1. The molecule has 1 aliphatic rings. The zero-order valence-corrected chi connectivity index (χ0v) is 10.5. The molecule has 4 nitrogen and oxygen atoms in total. The molecule has 1 saturated heterocycles. The summed E-state index contributed by atoms with van der Waals surface area (Å²) in [6.45, 7) is 2.16. The van der Waals surface area contributed by atoms with Crippen molar-refractivity contribution in [3.05, 3.63) is 18.2 Å². The van der Waals surface area contributed by atoms with E-state index in [9.17, 15) is 0 Å². The standard InChI is InChI=1S/C13H20N2O2/c1-16-11-3-4-12(13(9-11)17-2)15-10-5-7-14-8-6-10/h3-4,9-10,14-15H,5-8H2,1-2H3. The molecule has 0 unspecified atom stereocenters. The lowest BCUT2D eigenvalue weighted by Gasteiger charge is -2.25. The number of methoxy groups -OCH3 is 2. The fraction of sp³-hybridized carbons (Fsp3) is 0.538. The fourth-order valence-electron chi connectivity index (χ4n) is 2.10. The average molecular weight is 236 g/mol. The second-order valence-electron chi connectivity index (χ2n) is 4.23. The van der Waals surface area contributed by atoms with Gasteiger partial charge in [-0.2, -0.15) is 0 Å². The minimum absolute atomic E-state index is 0.526. The van der Waals surface area contributed by atoms with E-state index < -0.39 is 0 Å². The predicted octanol–water partition coefficient (Wildman–Crippen LogP) is 1.87. The highest BCUT2D eigenvalue weighted by molar-refractivity contribution is 5.59. The molecule has 2 rings (SSSR count). The molecule has 4 heteroatoms. The van der Waals surface area contributed by atoms with E-state index in [0.29, 0.717) is 6.04 Å². The first-order valence-corrected chi connectivity index (χ1v) is 6.03. The summed E-state index contributed by atoms with van der Waals surface area (Å²) < 4.78 is 10.6. The zero-order valence-electron chi connectivity index (χ0n) is 10.5. The molecule has 94 valence electrons. The molecular formula is C13H20N2O2. The van der Waals surface area contributed by atoms with Crippen molar-refractivity contribution in [1.29, 1.82) is 0 Å². The lowest BCUT2D eigenvalue weighted by atomic mass is 10.1. The molecule has 0 aromatic heterocycles. The van der Waals surface area contributed by atoms with Gasteiger partial charge in [0.05, 0.1) is 19.9 Å². The van der Waals surface area contributed by atoms with Crippen LogP contribution >= 0.6 is 0 Å². The predicted molar refractivity (Wildman–Crippen MR) is 69.1 cm³/mol. The van der Waals surface area contributed by atoms with E-state index in [4.69, 9.17) is 9.47 Å². The normalized spacial score (nSPS) is 16.6. The van der Waals surface area contributed by atoms with Crippen LogP contribution in [0.3, 0.4) is 0 Å². The van der Waals surface area contributed by atoms with Crippen molar-refractivity contribution in [1.82, 2.24) is 5.32 Å². The number of benzene rings is 1. The maximum atomic E-state index is 5.37. The van der Waals surface area contributed by atoms with Crippen LogP contribution in [0.4, 0.5) is 5.69 Å². The molecule has 0 amide bonds. The number of hydrogen-bond acceptors (Lipinski definition) is 4. The van der Waals surface area contributed by atoms with E-state index in [2.05, 4.69) is 10.6 Å². The van der Waals surface area contributed by atoms with Gasteiger partial charge in [-0.25, -0.2) is 0 Å². The molecule has 17 heavy (non-hydrogen) atoms. The van der Waals surface area contributed by atoms with E-state index in [1.807, 2.05) is 18.2 Å². The van der Waals surface area contributed by atoms with Crippen LogP contribution in [0.5, 0.6) is 11.5 Å². The highest BCUT2D eigenvalue weighted by atomic mass is 16.5. The van der Waals surface area contributed by atoms with Gasteiger partial charge in [-0.05, 0) is 38.1 Å². The molecule has 0 saturated carbocycles. The summed E-state index contributed by atoms with van der Waals surface area (Å²) in [5.41, 5.74) is 1.04. The van der Waals surface area contributed by atoms with Crippen LogP contribution in [0, 0.1) is 0 Å². The van der Waals surface area contributed by atoms with Gasteiger partial charge in [-0.1, -0.05) is 0 Å². The Balaban J connectivity index is 2.08. The molecule has 0 bridgehead atoms. The summed E-state index contributed by atoms with van der Waals surface area (Å²) in [7, 11) is 3.34. The van der Waals surface area contributed by atoms with Gasteiger partial charge in [-0.15, -0.1) is 0 Å². The van der Waals surface area contributed by atoms with Gasteiger partial charge in [0, 0.05) is 12.1 Å². The van der Waals surface area contributed by atoms with Crippen molar-refractivity contribution in [2.45, 2.75) is 18.9 Å². The molecule has 0 radical (unpaired) electrons. The van der Waals surface area contributed by atoms with Crippen LogP contribution in [0.25, 0.3) is 0 Å². The first-order valence-electron chi connectivity index (χ1n) is 6.03. The van der Waals surface area contributed by atoms with Crippen molar-refractivity contribution >= 4 is 5.69 Å². The average Bonchev–Trinajstić information content (AvgIpc) is 2.40. The van der Waals surface area contributed by atoms with Gasteiger partial charge in [0.1, 0.15) is 11.5 Å². The number of piperidine rings is 1. The molecule has 1 fully saturated rings. The van der Waals surface area contributed by atoms with Gasteiger partial charge in [0.2, 0.25) is 0 Å². The summed E-state index contributed by atoms with van der Waals surface area (Å²) in [4.78, 5) is 0. The van der Waals surface area contributed by atoms with Crippen molar-refractivity contribution in [2.75, 3.05) is 32.6 Å². The summed E-state index contributed by atoms with van der Waals surface area (Å²) >= 11 is 0. The third-order valence-corrected chi connectivity index (χ3v) is 3.11. The topological polar surface area (TPSA) is 42.5 Å². The Labute approximate surface area is 102 Å². The minimum Gasteiger partial charge on any atom is -0.497 e. The smallest absolute Gasteiger partial charge is 0.145 e. The molecule has 0 atom stereocenters. The number of nitrogens with one attached hydrogen (secondary N) is 2. The summed E-state index contributed by atoms with van der Waals surface area (Å²) in [5.74, 6) is 1.65. The van der Waals surface area contributed by atoms with Crippen LogP contribution in [0.2, 0.25) is 0 Å². The highest BCUT2D eigenvalue weighted by Crippen LogP contribution is 2.30. The van der Waals surface area contributed by atoms with Crippen LogP contribution < -0.4 is 20.1 Å². The number of anilines is 1. The van der Waals surface area contributed by atoms with Gasteiger partial charge < -0.3 is 20.1 Å². The van der Waals surface area contributed by atoms with Crippen molar-refractivity contribution < 1.29 is 9.47 Å². The maximum absolute atomic E-state index is 5.37. The fourth-order valence-corrected chi connectivity index (χ4v) is 2.10. The molecule has 1 aromatic carbocycles. The van der Waals surface area contributed by atoms with Crippen LogP contribution in [0.15, 0.2) is 18.2 Å². The number of hydrogen-bond donors (Lipinski definition) is 2. The maximum Gasteiger partial charge on any atom is 0.145 e. The van der Waals surface area contributed by atoms with Crippen molar-refractivity contribution in [3.63, 3.8) is 0 Å². The highest BCUT2D eigenvalue weighted by Gasteiger charge is 2.14. The number of rotatable bonds is 4. The third kappa shape index (κ3) is 3.03. The Morgan fingerprint density at radius 3 is 2.59 bits per heavy atom. The SMILES string of the molecule is COc1ccc(NC2CCNCC2)c(OC)c1. The quantitative estimate of drug-likeness (QED) is 0.837. The molecule has 1 heterocycles. The molecular weight excluding hydrogens is 216 g/mol. The lowest BCUT2D eigenvalue weighted by Crippen LogP contribution is -2.35. The second-order valence-corrected chi connectivity index (χ2v) is 4.23. The first-order chi connectivity index (χ1) is 8.33. The van der Waals surface area contributed by atoms with E-state index in [0.717, 1.165) is 43.1 Å². The van der Waals surface area contributed by atoms with Crippen molar-refractivity contribution in [2.24, 2.45) is 0 Å². The van der Waals surface area contributed by atoms with Gasteiger partial charge in [0.25, 0.3) is 0 Å². The number of ether oxygens (including phenoxy) is 2. The van der Waals surface area contributed by atoms with Gasteiger partial charge >= 0.3 is 0 Å². The summed E-state index contributed by atoms with van der Waals surface area (Å²) in [6.07, 6.45) is 2.30. The summed E-state index contributed by atoms with van der Waals surface area (Å²) in [6, 6.07) is 6.40. The van der Waals surface area contributed by atoms with Gasteiger partial charge in [0.15, 0.2) is 0 Å². The second kappa shape index (κ2) is 5.77. The lowest BCUT2D eigenvalue weighted by molar-refractivity contribution is 0.394. The first kappa shape index (κ1) is 12.0. The molecule has 0 aliphatic carbocycles. The Hall–Kier alpha value is -1.42. The molecule has 0 spiro atoms. The monoisotopic (exact) mass is 236 g/mol. The largest absolute Gasteiger partial charge is 0.497 e. The van der Waals surface area contributed by atoms with E-state index in [1.165, 1.54) is 0 Å². The van der Waals surface area contributed by atoms with Crippen LogP contribution in [-0.4, -0.2) is 33.4 Å². The minimum atomic E-state index is 0.526.